The van der Waals surface area contributed by atoms with E-state index in [0.29, 0.717) is 16.4 Å². The second-order valence-electron chi connectivity index (χ2n) is 3.68. The van der Waals surface area contributed by atoms with Crippen LogP contribution in [0.15, 0.2) is 37.1 Å². The maximum atomic E-state index is 5.60. The van der Waals surface area contributed by atoms with E-state index in [2.05, 4.69) is 20.3 Å². The molecule has 3 N–H and O–H groups in total. The normalized spacial score (nSPS) is 10.0. The van der Waals surface area contributed by atoms with Gasteiger partial charge in [-0.25, -0.2) is 9.97 Å². The van der Waals surface area contributed by atoms with Crippen molar-refractivity contribution in [1.29, 1.82) is 0 Å². The lowest BCUT2D eigenvalue weighted by atomic mass is 10.2. The lowest BCUT2D eigenvalue weighted by Crippen LogP contribution is -2.16. The molecule has 2 aromatic rings. The van der Waals surface area contributed by atoms with Crippen molar-refractivity contribution in [1.82, 2.24) is 15.0 Å². The Morgan fingerprint density at radius 1 is 1.28 bits per heavy atom. The van der Waals surface area contributed by atoms with Crippen LogP contribution in [-0.2, 0) is 6.42 Å². The Balaban J connectivity index is 1.97. The molecular formula is C12H13N5S. The van der Waals surface area contributed by atoms with Crippen molar-refractivity contribution >= 4 is 23.0 Å². The van der Waals surface area contributed by atoms with Crippen LogP contribution in [0.4, 0.5) is 5.82 Å². The van der Waals surface area contributed by atoms with Crippen molar-refractivity contribution in [3.05, 3.63) is 48.2 Å². The molecule has 0 saturated carbocycles. The van der Waals surface area contributed by atoms with Gasteiger partial charge in [0.05, 0.1) is 5.56 Å². The molecular weight excluding hydrogens is 246 g/mol. The second kappa shape index (κ2) is 6.02. The van der Waals surface area contributed by atoms with E-state index in [-0.39, 0.29) is 0 Å². The molecule has 2 aromatic heterocycles. The van der Waals surface area contributed by atoms with E-state index in [0.717, 1.165) is 13.0 Å². The van der Waals surface area contributed by atoms with Crippen molar-refractivity contribution in [2.24, 2.45) is 5.73 Å². The number of hydrogen-bond acceptors (Lipinski definition) is 5. The highest BCUT2D eigenvalue weighted by Crippen LogP contribution is 2.09. The molecule has 0 bridgehead atoms. The van der Waals surface area contributed by atoms with Gasteiger partial charge in [-0.05, 0) is 24.1 Å². The fourth-order valence-corrected chi connectivity index (χ4v) is 1.67. The summed E-state index contributed by atoms with van der Waals surface area (Å²) in [5.41, 5.74) is 7.48. The van der Waals surface area contributed by atoms with Gasteiger partial charge in [0, 0.05) is 25.1 Å². The number of rotatable bonds is 5. The summed E-state index contributed by atoms with van der Waals surface area (Å²) in [4.78, 5) is 12.3. The van der Waals surface area contributed by atoms with Crippen molar-refractivity contribution in [2.45, 2.75) is 6.42 Å². The predicted octanol–water partition coefficient (Wildman–Crippen LogP) is 1.16. The molecule has 0 radical (unpaired) electrons. The smallest absolute Gasteiger partial charge is 0.139 e. The number of nitrogens with zero attached hydrogens (tertiary/aromatic N) is 3. The number of anilines is 1. The average Bonchev–Trinajstić information content (AvgIpc) is 2.40. The number of hydrogen-bond donors (Lipinski definition) is 2. The zero-order valence-corrected chi connectivity index (χ0v) is 10.5. The minimum atomic E-state index is 0.294. The van der Waals surface area contributed by atoms with Crippen LogP contribution < -0.4 is 11.1 Å². The molecule has 0 aromatic carbocycles. The molecule has 0 atom stereocenters. The molecule has 0 fully saturated rings. The van der Waals surface area contributed by atoms with Gasteiger partial charge in [0.15, 0.2) is 0 Å². The van der Waals surface area contributed by atoms with Gasteiger partial charge in [0.2, 0.25) is 0 Å². The zero-order valence-electron chi connectivity index (χ0n) is 9.71. The molecule has 0 spiro atoms. The van der Waals surface area contributed by atoms with Crippen LogP contribution in [0.1, 0.15) is 11.1 Å². The lowest BCUT2D eigenvalue weighted by Gasteiger charge is -2.08. The van der Waals surface area contributed by atoms with Gasteiger partial charge in [-0.2, -0.15) is 0 Å². The quantitative estimate of drug-likeness (QED) is 0.785. The summed E-state index contributed by atoms with van der Waals surface area (Å²) in [5.74, 6) is 0.673. The van der Waals surface area contributed by atoms with Gasteiger partial charge in [0.25, 0.3) is 0 Å². The van der Waals surface area contributed by atoms with Crippen molar-refractivity contribution in [3.8, 4) is 0 Å². The van der Waals surface area contributed by atoms with Crippen LogP contribution >= 0.6 is 12.2 Å². The fraction of sp³-hybridized carbons (Fsp3) is 0.167. The Kier molecular flexibility index (Phi) is 4.14. The van der Waals surface area contributed by atoms with Crippen LogP contribution in [0.2, 0.25) is 0 Å². The minimum absolute atomic E-state index is 0.294. The monoisotopic (exact) mass is 259 g/mol. The van der Waals surface area contributed by atoms with Gasteiger partial charge in [-0.1, -0.05) is 12.2 Å². The highest BCUT2D eigenvalue weighted by molar-refractivity contribution is 7.80. The first-order valence-electron chi connectivity index (χ1n) is 5.50. The largest absolute Gasteiger partial charge is 0.389 e. The second-order valence-corrected chi connectivity index (χ2v) is 4.12. The summed E-state index contributed by atoms with van der Waals surface area (Å²) in [6, 6.07) is 3.96. The summed E-state index contributed by atoms with van der Waals surface area (Å²) in [5, 5.41) is 3.20. The molecule has 18 heavy (non-hydrogen) atoms. The van der Waals surface area contributed by atoms with Crippen molar-refractivity contribution in [3.63, 3.8) is 0 Å². The lowest BCUT2D eigenvalue weighted by molar-refractivity contribution is 0.992. The highest BCUT2D eigenvalue weighted by Gasteiger charge is 2.05. The summed E-state index contributed by atoms with van der Waals surface area (Å²) in [7, 11) is 0. The van der Waals surface area contributed by atoms with Crippen LogP contribution in [0.3, 0.4) is 0 Å². The van der Waals surface area contributed by atoms with Crippen LogP contribution in [0, 0.1) is 0 Å². The molecule has 0 unspecified atom stereocenters. The van der Waals surface area contributed by atoms with E-state index in [1.54, 1.807) is 18.6 Å². The van der Waals surface area contributed by atoms with Crippen molar-refractivity contribution in [2.75, 3.05) is 11.9 Å². The molecule has 6 heteroatoms. The Bertz CT molecular complexity index is 529. The van der Waals surface area contributed by atoms with Gasteiger partial charge in [-0.3, -0.25) is 4.98 Å². The standard InChI is InChI=1S/C12H13N5S/c13-11(18)10-7-15-8-17-12(10)16-6-3-9-1-4-14-5-2-9/h1-2,4-5,7-8H,3,6H2,(H2,13,18)(H,15,16,17). The first-order valence-corrected chi connectivity index (χ1v) is 5.91. The predicted molar refractivity (Wildman–Crippen MR) is 74.4 cm³/mol. The Morgan fingerprint density at radius 3 is 2.78 bits per heavy atom. The first-order chi connectivity index (χ1) is 8.77. The third kappa shape index (κ3) is 3.21. The SMILES string of the molecule is NC(=S)c1cncnc1NCCc1ccncc1. The van der Waals surface area contributed by atoms with E-state index in [4.69, 9.17) is 18.0 Å². The maximum Gasteiger partial charge on any atom is 0.139 e. The average molecular weight is 259 g/mol. The van der Waals surface area contributed by atoms with Crippen LogP contribution in [0.25, 0.3) is 0 Å². The summed E-state index contributed by atoms with van der Waals surface area (Å²) < 4.78 is 0. The zero-order chi connectivity index (χ0) is 12.8. The third-order valence-electron chi connectivity index (χ3n) is 2.43. The molecule has 5 nitrogen and oxygen atoms in total. The van der Waals surface area contributed by atoms with Gasteiger partial charge < -0.3 is 11.1 Å². The van der Waals surface area contributed by atoms with Crippen LogP contribution in [0.5, 0.6) is 0 Å². The Hall–Kier alpha value is -2.08. The fourth-order valence-electron chi connectivity index (χ4n) is 1.53. The molecule has 92 valence electrons. The number of aromatic nitrogens is 3. The molecule has 0 amide bonds. The maximum absolute atomic E-state index is 5.60. The van der Waals surface area contributed by atoms with E-state index in [1.807, 2.05) is 12.1 Å². The van der Waals surface area contributed by atoms with Crippen LogP contribution in [-0.4, -0.2) is 26.5 Å². The number of nitrogens with two attached hydrogens (primary N) is 1. The topological polar surface area (TPSA) is 76.7 Å². The summed E-state index contributed by atoms with van der Waals surface area (Å²) in [6.07, 6.45) is 7.52. The Labute approximate surface area is 110 Å². The van der Waals surface area contributed by atoms with Gasteiger partial charge in [-0.15, -0.1) is 0 Å². The summed E-state index contributed by atoms with van der Waals surface area (Å²) in [6.45, 7) is 0.747. The molecule has 2 heterocycles. The molecule has 0 saturated heterocycles. The highest BCUT2D eigenvalue weighted by atomic mass is 32.1. The molecule has 0 aliphatic rings. The molecule has 0 aliphatic carbocycles. The Morgan fingerprint density at radius 2 is 2.06 bits per heavy atom. The van der Waals surface area contributed by atoms with Crippen molar-refractivity contribution < 1.29 is 0 Å². The van der Waals surface area contributed by atoms with E-state index in [9.17, 15) is 0 Å². The molecule has 0 aliphatic heterocycles. The van der Waals surface area contributed by atoms with E-state index in [1.165, 1.54) is 11.9 Å². The van der Waals surface area contributed by atoms with E-state index < -0.39 is 0 Å². The molecule has 2 rings (SSSR count). The van der Waals surface area contributed by atoms with Gasteiger partial charge >= 0.3 is 0 Å². The van der Waals surface area contributed by atoms with E-state index >= 15 is 0 Å². The number of pyridine rings is 1. The number of nitrogens with one attached hydrogen (secondary N) is 1. The third-order valence-corrected chi connectivity index (χ3v) is 2.65. The summed E-state index contributed by atoms with van der Waals surface area (Å²) >= 11 is 4.94. The minimum Gasteiger partial charge on any atom is -0.389 e. The first kappa shape index (κ1) is 12.4. The number of thiocarbonyl (C=S) groups is 1. The van der Waals surface area contributed by atoms with Gasteiger partial charge in [0.1, 0.15) is 17.1 Å².